The van der Waals surface area contributed by atoms with E-state index in [0.29, 0.717) is 6.04 Å². The summed E-state index contributed by atoms with van der Waals surface area (Å²) >= 11 is 0. The first-order valence-corrected chi connectivity index (χ1v) is 5.94. The van der Waals surface area contributed by atoms with Crippen molar-refractivity contribution in [2.24, 2.45) is 11.7 Å². The highest BCUT2D eigenvalue weighted by Gasteiger charge is 2.32. The van der Waals surface area contributed by atoms with Gasteiger partial charge in [0.05, 0.1) is 0 Å². The van der Waals surface area contributed by atoms with Crippen LogP contribution in [0.15, 0.2) is 0 Å². The zero-order valence-electron chi connectivity index (χ0n) is 10.2. The zero-order chi connectivity index (χ0) is 10.8. The summed E-state index contributed by atoms with van der Waals surface area (Å²) in [6.07, 6.45) is 4.97. The van der Waals surface area contributed by atoms with Crippen LogP contribution >= 0.6 is 0 Å². The highest BCUT2D eigenvalue weighted by molar-refractivity contribution is 4.93. The molecule has 0 heterocycles. The molecule has 1 aliphatic rings. The summed E-state index contributed by atoms with van der Waals surface area (Å²) in [7, 11) is 2.21. The molecule has 0 spiro atoms. The van der Waals surface area contributed by atoms with Crippen LogP contribution < -0.4 is 5.73 Å². The molecule has 1 atom stereocenters. The monoisotopic (exact) mass is 198 g/mol. The van der Waals surface area contributed by atoms with Gasteiger partial charge in [-0.25, -0.2) is 0 Å². The molecule has 0 aromatic heterocycles. The van der Waals surface area contributed by atoms with Gasteiger partial charge in [-0.05, 0) is 52.1 Å². The topological polar surface area (TPSA) is 29.3 Å². The second-order valence-electron chi connectivity index (χ2n) is 5.43. The first-order chi connectivity index (χ1) is 6.44. The number of hydrogen-bond acceptors (Lipinski definition) is 2. The molecule has 0 aliphatic heterocycles. The van der Waals surface area contributed by atoms with E-state index in [2.05, 4.69) is 32.7 Å². The Morgan fingerprint density at radius 1 is 1.29 bits per heavy atom. The van der Waals surface area contributed by atoms with Crippen LogP contribution in [0.5, 0.6) is 0 Å². The molecule has 1 rings (SSSR count). The fourth-order valence-corrected chi connectivity index (χ4v) is 1.99. The average molecular weight is 198 g/mol. The van der Waals surface area contributed by atoms with E-state index < -0.39 is 0 Å². The lowest BCUT2D eigenvalue weighted by Gasteiger charge is -2.40. The molecule has 0 saturated heterocycles. The summed E-state index contributed by atoms with van der Waals surface area (Å²) in [6, 6.07) is 0.665. The van der Waals surface area contributed by atoms with E-state index in [0.717, 1.165) is 12.5 Å². The fraction of sp³-hybridized carbons (Fsp3) is 1.00. The average Bonchev–Trinajstić information content (AvgIpc) is 2.09. The smallest absolute Gasteiger partial charge is 0.0166 e. The predicted molar refractivity (Wildman–Crippen MR) is 62.3 cm³/mol. The van der Waals surface area contributed by atoms with Crippen LogP contribution in [0.4, 0.5) is 0 Å². The molecule has 14 heavy (non-hydrogen) atoms. The van der Waals surface area contributed by atoms with Gasteiger partial charge in [-0.1, -0.05) is 13.8 Å². The lowest BCUT2D eigenvalue weighted by Crippen LogP contribution is -2.49. The largest absolute Gasteiger partial charge is 0.325 e. The Bertz CT molecular complexity index is 173. The second-order valence-corrected chi connectivity index (χ2v) is 5.43. The number of hydrogen-bond donors (Lipinski definition) is 1. The fourth-order valence-electron chi connectivity index (χ4n) is 1.99. The van der Waals surface area contributed by atoms with Crippen LogP contribution in [-0.2, 0) is 0 Å². The van der Waals surface area contributed by atoms with Crippen LogP contribution in [0.3, 0.4) is 0 Å². The zero-order valence-corrected chi connectivity index (χ0v) is 10.2. The van der Waals surface area contributed by atoms with Crippen LogP contribution in [0.2, 0.25) is 0 Å². The van der Waals surface area contributed by atoms with Gasteiger partial charge in [-0.2, -0.15) is 0 Å². The molecule has 0 bridgehead atoms. The lowest BCUT2D eigenvalue weighted by atomic mass is 9.75. The number of nitrogens with two attached hydrogens (primary N) is 1. The first kappa shape index (κ1) is 12.0. The molecule has 0 radical (unpaired) electrons. The Labute approximate surface area is 88.8 Å². The number of nitrogens with zero attached hydrogens (tertiary/aromatic N) is 1. The summed E-state index contributed by atoms with van der Waals surface area (Å²) in [5.41, 5.74) is 6.39. The molecule has 0 aromatic rings. The van der Waals surface area contributed by atoms with Gasteiger partial charge in [-0.3, -0.25) is 0 Å². The van der Waals surface area contributed by atoms with Gasteiger partial charge in [0.1, 0.15) is 0 Å². The lowest BCUT2D eigenvalue weighted by molar-refractivity contribution is 0.156. The molecule has 1 unspecified atom stereocenters. The minimum atomic E-state index is 0.185. The third-order valence-electron chi connectivity index (χ3n) is 3.97. The maximum atomic E-state index is 6.20. The summed E-state index contributed by atoms with van der Waals surface area (Å²) in [5, 5.41) is 0. The normalized spacial score (nSPS) is 22.5. The van der Waals surface area contributed by atoms with Gasteiger partial charge in [0.25, 0.3) is 0 Å². The van der Waals surface area contributed by atoms with Gasteiger partial charge < -0.3 is 10.6 Å². The van der Waals surface area contributed by atoms with Gasteiger partial charge in [-0.15, -0.1) is 0 Å². The van der Waals surface area contributed by atoms with Crippen LogP contribution in [0.1, 0.15) is 46.5 Å². The Morgan fingerprint density at radius 3 is 2.21 bits per heavy atom. The maximum Gasteiger partial charge on any atom is 0.0166 e. The van der Waals surface area contributed by atoms with E-state index in [1.807, 2.05) is 0 Å². The maximum absolute atomic E-state index is 6.20. The van der Waals surface area contributed by atoms with Crippen molar-refractivity contribution in [3.8, 4) is 0 Å². The summed E-state index contributed by atoms with van der Waals surface area (Å²) in [5.74, 6) is 0.732. The second kappa shape index (κ2) is 4.63. The first-order valence-electron chi connectivity index (χ1n) is 5.94. The highest BCUT2D eigenvalue weighted by Crippen LogP contribution is 2.32. The minimum absolute atomic E-state index is 0.185. The minimum Gasteiger partial charge on any atom is -0.325 e. The summed E-state index contributed by atoms with van der Waals surface area (Å²) in [4.78, 5) is 2.44. The van der Waals surface area contributed by atoms with Crippen molar-refractivity contribution in [3.63, 3.8) is 0 Å². The van der Waals surface area contributed by atoms with E-state index in [9.17, 15) is 0 Å². The van der Waals surface area contributed by atoms with Gasteiger partial charge >= 0.3 is 0 Å². The Balaban J connectivity index is 2.23. The van der Waals surface area contributed by atoms with Crippen molar-refractivity contribution in [2.45, 2.75) is 58.0 Å². The van der Waals surface area contributed by atoms with Crippen LogP contribution in [0, 0.1) is 5.92 Å². The number of rotatable bonds is 5. The van der Waals surface area contributed by atoms with Crippen molar-refractivity contribution in [3.05, 3.63) is 0 Å². The Morgan fingerprint density at radius 2 is 1.86 bits per heavy atom. The van der Waals surface area contributed by atoms with Crippen molar-refractivity contribution in [1.82, 2.24) is 4.90 Å². The third kappa shape index (κ3) is 2.96. The summed E-state index contributed by atoms with van der Waals surface area (Å²) < 4.78 is 0. The molecule has 2 heteroatoms. The molecule has 0 aromatic carbocycles. The van der Waals surface area contributed by atoms with Crippen molar-refractivity contribution in [2.75, 3.05) is 13.6 Å². The molecular formula is C12H26N2. The van der Waals surface area contributed by atoms with E-state index in [4.69, 9.17) is 5.73 Å². The summed E-state index contributed by atoms with van der Waals surface area (Å²) in [6.45, 7) is 8.01. The van der Waals surface area contributed by atoms with E-state index in [1.165, 1.54) is 25.7 Å². The van der Waals surface area contributed by atoms with Crippen molar-refractivity contribution < 1.29 is 0 Å². The molecule has 1 fully saturated rings. The molecule has 2 nitrogen and oxygen atoms in total. The molecule has 2 N–H and O–H groups in total. The van der Waals surface area contributed by atoms with E-state index in [1.54, 1.807) is 0 Å². The van der Waals surface area contributed by atoms with Crippen LogP contribution in [-0.4, -0.2) is 30.1 Å². The SMILES string of the molecule is CC(C)C(C)N(C)CCC1(N)CCC1. The van der Waals surface area contributed by atoms with Gasteiger partial charge in [0, 0.05) is 11.6 Å². The van der Waals surface area contributed by atoms with Gasteiger partial charge in [0.2, 0.25) is 0 Å². The van der Waals surface area contributed by atoms with E-state index >= 15 is 0 Å². The quantitative estimate of drug-likeness (QED) is 0.734. The van der Waals surface area contributed by atoms with Gasteiger partial charge in [0.15, 0.2) is 0 Å². The molecule has 1 aliphatic carbocycles. The third-order valence-corrected chi connectivity index (χ3v) is 3.97. The molecular weight excluding hydrogens is 172 g/mol. The Hall–Kier alpha value is -0.0800. The standard InChI is InChI=1S/C12H26N2/c1-10(2)11(3)14(4)9-8-12(13)6-5-7-12/h10-11H,5-9,13H2,1-4H3. The predicted octanol–water partition coefficient (Wildman–Crippen LogP) is 2.23. The molecule has 84 valence electrons. The molecule has 1 saturated carbocycles. The van der Waals surface area contributed by atoms with Crippen molar-refractivity contribution in [1.29, 1.82) is 0 Å². The molecule has 0 amide bonds. The Kier molecular flexibility index (Phi) is 3.96. The van der Waals surface area contributed by atoms with Crippen molar-refractivity contribution >= 4 is 0 Å². The van der Waals surface area contributed by atoms with E-state index in [-0.39, 0.29) is 5.54 Å². The van der Waals surface area contributed by atoms with Crippen LogP contribution in [0.25, 0.3) is 0 Å². The highest BCUT2D eigenvalue weighted by atomic mass is 15.1.